The number of methoxy groups -OCH3 is 1. The fourth-order valence-electron chi connectivity index (χ4n) is 1.35. The Morgan fingerprint density at radius 2 is 2.24 bits per heavy atom. The van der Waals surface area contributed by atoms with Crippen molar-refractivity contribution in [1.82, 2.24) is 15.0 Å². The summed E-state index contributed by atoms with van der Waals surface area (Å²) in [5.41, 5.74) is 0. The average Bonchev–Trinajstić information content (AvgIpc) is 2.76. The van der Waals surface area contributed by atoms with Gasteiger partial charge in [0, 0.05) is 12.3 Å². The van der Waals surface area contributed by atoms with Crippen LogP contribution in [0.15, 0.2) is 22.9 Å². The third kappa shape index (κ3) is 2.72. The van der Waals surface area contributed by atoms with Gasteiger partial charge in [0.1, 0.15) is 11.8 Å². The Kier molecular flexibility index (Phi) is 3.22. The smallest absolute Gasteiger partial charge is 0.226 e. The molecule has 17 heavy (non-hydrogen) atoms. The number of hydrogen-bond donors (Lipinski definition) is 1. The van der Waals surface area contributed by atoms with Gasteiger partial charge in [0.25, 0.3) is 0 Å². The van der Waals surface area contributed by atoms with Crippen LogP contribution in [0.1, 0.15) is 24.6 Å². The summed E-state index contributed by atoms with van der Waals surface area (Å²) in [6.45, 7) is 3.78. The van der Waals surface area contributed by atoms with E-state index in [9.17, 15) is 0 Å². The Morgan fingerprint density at radius 1 is 1.41 bits per heavy atom. The highest BCUT2D eigenvalue weighted by Crippen LogP contribution is 2.17. The Balaban J connectivity index is 2.09. The van der Waals surface area contributed by atoms with E-state index in [1.54, 1.807) is 25.6 Å². The van der Waals surface area contributed by atoms with E-state index in [2.05, 4.69) is 20.3 Å². The number of ether oxygens (including phenoxy) is 1. The van der Waals surface area contributed by atoms with E-state index >= 15 is 0 Å². The van der Waals surface area contributed by atoms with Crippen LogP contribution in [0.5, 0.6) is 5.88 Å². The van der Waals surface area contributed by atoms with Crippen LogP contribution in [-0.2, 0) is 0 Å². The van der Waals surface area contributed by atoms with Crippen LogP contribution in [0.25, 0.3) is 0 Å². The van der Waals surface area contributed by atoms with Gasteiger partial charge in [-0.05, 0) is 13.8 Å². The van der Waals surface area contributed by atoms with Crippen LogP contribution in [-0.4, -0.2) is 22.1 Å². The zero-order chi connectivity index (χ0) is 12.3. The van der Waals surface area contributed by atoms with Gasteiger partial charge in [-0.3, -0.25) is 0 Å². The largest absolute Gasteiger partial charge is 0.481 e. The van der Waals surface area contributed by atoms with E-state index in [0.29, 0.717) is 17.7 Å². The Bertz CT molecular complexity index is 498. The molecule has 2 heterocycles. The van der Waals surface area contributed by atoms with Crippen LogP contribution in [0, 0.1) is 6.92 Å². The molecule has 0 fully saturated rings. The molecule has 2 rings (SSSR count). The third-order valence-corrected chi connectivity index (χ3v) is 2.19. The highest BCUT2D eigenvalue weighted by Gasteiger charge is 2.12. The molecule has 0 aromatic carbocycles. The molecule has 2 aromatic heterocycles. The second kappa shape index (κ2) is 4.82. The Labute approximate surface area is 99.1 Å². The molecule has 0 aliphatic rings. The van der Waals surface area contributed by atoms with Gasteiger partial charge in [-0.1, -0.05) is 0 Å². The monoisotopic (exact) mass is 234 g/mol. The second-order valence-electron chi connectivity index (χ2n) is 3.60. The fourth-order valence-corrected chi connectivity index (χ4v) is 1.35. The minimum Gasteiger partial charge on any atom is -0.481 e. The molecule has 0 bridgehead atoms. The zero-order valence-electron chi connectivity index (χ0n) is 9.97. The molecule has 0 saturated heterocycles. The van der Waals surface area contributed by atoms with Gasteiger partial charge >= 0.3 is 0 Å². The zero-order valence-corrected chi connectivity index (χ0v) is 9.97. The Morgan fingerprint density at radius 3 is 2.88 bits per heavy atom. The summed E-state index contributed by atoms with van der Waals surface area (Å²) in [4.78, 5) is 12.4. The summed E-state index contributed by atoms with van der Waals surface area (Å²) in [7, 11) is 1.56. The van der Waals surface area contributed by atoms with Crippen molar-refractivity contribution in [2.45, 2.75) is 19.9 Å². The normalized spacial score (nSPS) is 12.2. The van der Waals surface area contributed by atoms with Crippen LogP contribution in [0.2, 0.25) is 0 Å². The molecule has 0 radical (unpaired) electrons. The van der Waals surface area contributed by atoms with Crippen molar-refractivity contribution >= 4 is 5.95 Å². The molecule has 0 aliphatic heterocycles. The summed E-state index contributed by atoms with van der Waals surface area (Å²) in [5, 5.41) is 3.09. The number of hydrogen-bond acceptors (Lipinski definition) is 6. The summed E-state index contributed by atoms with van der Waals surface area (Å²) < 4.78 is 10.4. The lowest BCUT2D eigenvalue weighted by Gasteiger charge is -2.10. The molecule has 6 nitrogen and oxygen atoms in total. The molecule has 1 N–H and O–H groups in total. The molecular formula is C11H14N4O2. The van der Waals surface area contributed by atoms with Crippen LogP contribution < -0.4 is 10.1 Å². The molecule has 90 valence electrons. The molecule has 0 amide bonds. The summed E-state index contributed by atoms with van der Waals surface area (Å²) in [6, 6.07) is 1.58. The van der Waals surface area contributed by atoms with Crippen molar-refractivity contribution in [2.75, 3.05) is 12.4 Å². The maximum absolute atomic E-state index is 5.41. The average molecular weight is 234 g/mol. The van der Waals surface area contributed by atoms with Gasteiger partial charge in [-0.25, -0.2) is 9.97 Å². The quantitative estimate of drug-likeness (QED) is 0.871. The highest BCUT2D eigenvalue weighted by molar-refractivity contribution is 5.29. The van der Waals surface area contributed by atoms with E-state index < -0.39 is 0 Å². The van der Waals surface area contributed by atoms with Gasteiger partial charge in [-0.15, -0.1) is 0 Å². The first-order chi connectivity index (χ1) is 8.19. The lowest BCUT2D eigenvalue weighted by molar-refractivity contribution is 0.397. The maximum atomic E-state index is 5.41. The number of nitrogens with one attached hydrogen (secondary N) is 1. The second-order valence-corrected chi connectivity index (χ2v) is 3.60. The first-order valence-corrected chi connectivity index (χ1v) is 5.25. The number of aromatic nitrogens is 3. The van der Waals surface area contributed by atoms with Gasteiger partial charge in [0.2, 0.25) is 17.7 Å². The number of rotatable bonds is 4. The van der Waals surface area contributed by atoms with E-state index in [1.807, 2.05) is 13.8 Å². The van der Waals surface area contributed by atoms with Gasteiger partial charge in [0.05, 0.1) is 13.3 Å². The topological polar surface area (TPSA) is 73.1 Å². The van der Waals surface area contributed by atoms with Crippen LogP contribution >= 0.6 is 0 Å². The molecule has 0 saturated carbocycles. The molecule has 2 aromatic rings. The van der Waals surface area contributed by atoms with Crippen molar-refractivity contribution in [2.24, 2.45) is 0 Å². The predicted molar refractivity (Wildman–Crippen MR) is 61.9 cm³/mol. The molecule has 1 atom stereocenters. The van der Waals surface area contributed by atoms with E-state index in [1.165, 1.54) is 0 Å². The Hall–Kier alpha value is -2.11. The number of aryl methyl sites for hydroxylation is 1. The van der Waals surface area contributed by atoms with E-state index in [4.69, 9.17) is 9.15 Å². The first-order valence-electron chi connectivity index (χ1n) is 5.25. The van der Waals surface area contributed by atoms with Crippen LogP contribution in [0.4, 0.5) is 5.95 Å². The fraction of sp³-hybridized carbons (Fsp3) is 0.364. The van der Waals surface area contributed by atoms with Gasteiger partial charge < -0.3 is 14.5 Å². The van der Waals surface area contributed by atoms with Gasteiger partial charge in [-0.2, -0.15) is 4.98 Å². The number of anilines is 1. The van der Waals surface area contributed by atoms with E-state index in [-0.39, 0.29) is 6.04 Å². The van der Waals surface area contributed by atoms with Crippen molar-refractivity contribution in [3.05, 3.63) is 30.1 Å². The number of nitrogens with zero attached hydrogens (tertiary/aromatic N) is 3. The minimum atomic E-state index is -0.101. The summed E-state index contributed by atoms with van der Waals surface area (Å²) >= 11 is 0. The lowest BCUT2D eigenvalue weighted by atomic mass is 10.3. The first kappa shape index (κ1) is 11.4. The van der Waals surface area contributed by atoms with Gasteiger partial charge in [0.15, 0.2) is 0 Å². The van der Waals surface area contributed by atoms with Crippen molar-refractivity contribution < 1.29 is 9.15 Å². The van der Waals surface area contributed by atoms with Crippen molar-refractivity contribution in [3.8, 4) is 5.88 Å². The predicted octanol–water partition coefficient (Wildman–Crippen LogP) is 1.95. The molecular weight excluding hydrogens is 220 g/mol. The standard InChI is InChI=1S/C11H14N4O2/c1-7-6-13-10(17-7)8(2)14-11-12-5-4-9(15-11)16-3/h4-6,8H,1-3H3,(H,12,14,15). The van der Waals surface area contributed by atoms with Crippen molar-refractivity contribution in [3.63, 3.8) is 0 Å². The van der Waals surface area contributed by atoms with Crippen LogP contribution in [0.3, 0.4) is 0 Å². The number of oxazole rings is 1. The third-order valence-electron chi connectivity index (χ3n) is 2.19. The lowest BCUT2D eigenvalue weighted by Crippen LogP contribution is -2.09. The SMILES string of the molecule is COc1ccnc(NC(C)c2ncc(C)o2)n1. The minimum absolute atomic E-state index is 0.101. The highest BCUT2D eigenvalue weighted by atomic mass is 16.5. The summed E-state index contributed by atoms with van der Waals surface area (Å²) in [5.74, 6) is 2.38. The molecule has 1 unspecified atom stereocenters. The molecule has 0 spiro atoms. The van der Waals surface area contributed by atoms with E-state index in [0.717, 1.165) is 5.76 Å². The molecule has 6 heteroatoms. The molecule has 0 aliphatic carbocycles. The van der Waals surface area contributed by atoms with Crippen molar-refractivity contribution in [1.29, 1.82) is 0 Å². The maximum Gasteiger partial charge on any atom is 0.226 e. The summed E-state index contributed by atoms with van der Waals surface area (Å²) in [6.07, 6.45) is 3.31.